The molecule has 1 heterocycles. The van der Waals surface area contributed by atoms with Gasteiger partial charge in [-0.05, 0) is 47.3 Å². The zero-order valence-corrected chi connectivity index (χ0v) is 16.0. The first-order valence-corrected chi connectivity index (χ1v) is 9.56. The van der Waals surface area contributed by atoms with E-state index in [-0.39, 0.29) is 6.04 Å². The van der Waals surface area contributed by atoms with E-state index in [0.29, 0.717) is 18.0 Å². The lowest BCUT2D eigenvalue weighted by atomic mass is 9.98. The fourth-order valence-electron chi connectivity index (χ4n) is 3.73. The maximum atomic E-state index is 8.69. The predicted molar refractivity (Wildman–Crippen MR) is 115 cm³/mol. The number of halogens is 1. The second kappa shape index (κ2) is 8.22. The van der Waals surface area contributed by atoms with Crippen LogP contribution >= 0.6 is 11.6 Å². The third kappa shape index (κ3) is 3.61. The van der Waals surface area contributed by atoms with Gasteiger partial charge < -0.3 is 4.57 Å². The van der Waals surface area contributed by atoms with Crippen molar-refractivity contribution in [2.75, 3.05) is 6.54 Å². The van der Waals surface area contributed by atoms with Crippen molar-refractivity contribution in [1.82, 2.24) is 4.57 Å². The molecule has 0 saturated carbocycles. The second-order valence-corrected chi connectivity index (χ2v) is 7.07. The maximum Gasteiger partial charge on any atom is 0.0841 e. The van der Waals surface area contributed by atoms with Crippen LogP contribution < -0.4 is 0 Å². The quantitative estimate of drug-likeness (QED) is 0.199. The number of hydrogen-bond donors (Lipinski definition) is 0. The molecule has 0 amide bonds. The minimum absolute atomic E-state index is 0.0159. The minimum atomic E-state index is 0.0159. The van der Waals surface area contributed by atoms with Crippen LogP contribution in [0, 0.1) is 0 Å². The average molecular weight is 387 g/mol. The van der Waals surface area contributed by atoms with Gasteiger partial charge in [-0.3, -0.25) is 0 Å². The maximum absolute atomic E-state index is 8.69. The molecule has 4 nitrogen and oxygen atoms in total. The lowest BCUT2D eigenvalue weighted by molar-refractivity contribution is 0.663. The summed E-state index contributed by atoms with van der Waals surface area (Å²) in [5.74, 6) is 0. The molecule has 0 bridgehead atoms. The third-order valence-corrected chi connectivity index (χ3v) is 5.14. The predicted octanol–water partition coefficient (Wildman–Crippen LogP) is 6.79. The Bertz CT molecular complexity index is 1090. The lowest BCUT2D eigenvalue weighted by Gasteiger charge is -2.24. The van der Waals surface area contributed by atoms with Gasteiger partial charge in [0.25, 0.3) is 0 Å². The third-order valence-electron chi connectivity index (χ3n) is 4.90. The normalized spacial score (nSPS) is 10.9. The van der Waals surface area contributed by atoms with Gasteiger partial charge in [0, 0.05) is 33.1 Å². The van der Waals surface area contributed by atoms with Crippen LogP contribution in [0.5, 0.6) is 0 Å². The molecule has 138 valence electrons. The molecule has 0 radical (unpaired) electrons. The number of benzene rings is 3. The molecule has 4 aromatic rings. The largest absolute Gasteiger partial charge is 0.333 e. The first-order chi connectivity index (χ1) is 13.8. The highest BCUT2D eigenvalue weighted by molar-refractivity contribution is 6.31. The molecule has 0 atom stereocenters. The van der Waals surface area contributed by atoms with Crippen molar-refractivity contribution in [1.29, 1.82) is 0 Å². The molecule has 5 heteroatoms. The summed E-state index contributed by atoms with van der Waals surface area (Å²) in [5, 5.41) is 5.54. The highest BCUT2D eigenvalue weighted by Gasteiger charge is 2.21. The molecule has 0 aliphatic rings. The molecular formula is C23H19ClN4. The Morgan fingerprint density at radius 1 is 0.893 bits per heavy atom. The molecule has 0 N–H and O–H groups in total. The zero-order chi connectivity index (χ0) is 19.3. The van der Waals surface area contributed by atoms with Gasteiger partial charge in [-0.25, -0.2) is 0 Å². The summed E-state index contributed by atoms with van der Waals surface area (Å²) >= 11 is 6.24. The van der Waals surface area contributed by atoms with Crippen molar-refractivity contribution in [3.63, 3.8) is 0 Å². The summed E-state index contributed by atoms with van der Waals surface area (Å²) in [7, 11) is 0. The Hall–Kier alpha value is -3.20. The molecule has 0 saturated heterocycles. The van der Waals surface area contributed by atoms with Crippen molar-refractivity contribution in [3.05, 3.63) is 117 Å². The molecule has 1 aromatic heterocycles. The van der Waals surface area contributed by atoms with E-state index in [1.54, 1.807) is 0 Å². The molecular weight excluding hydrogens is 368 g/mol. The number of rotatable bonds is 6. The highest BCUT2D eigenvalue weighted by Crippen LogP contribution is 2.34. The molecule has 0 aliphatic carbocycles. The van der Waals surface area contributed by atoms with Crippen LogP contribution in [0.25, 0.3) is 21.3 Å². The zero-order valence-electron chi connectivity index (χ0n) is 15.2. The van der Waals surface area contributed by atoms with Gasteiger partial charge in [-0.15, -0.1) is 0 Å². The fraction of sp³-hybridized carbons (Fsp3) is 0.130. The first-order valence-electron chi connectivity index (χ1n) is 9.18. The summed E-state index contributed by atoms with van der Waals surface area (Å²) in [6.07, 6.45) is 0.659. The Kier molecular flexibility index (Phi) is 5.34. The Morgan fingerprint density at radius 2 is 1.54 bits per heavy atom. The fourth-order valence-corrected chi connectivity index (χ4v) is 3.91. The number of nitrogens with zero attached hydrogens (tertiary/aromatic N) is 4. The van der Waals surface area contributed by atoms with E-state index in [1.165, 1.54) is 11.1 Å². The van der Waals surface area contributed by atoms with Crippen LogP contribution in [0.4, 0.5) is 0 Å². The summed E-state index contributed by atoms with van der Waals surface area (Å²) < 4.78 is 2.34. The highest BCUT2D eigenvalue weighted by atomic mass is 35.5. The number of fused-ring (bicyclic) bond motifs is 1. The minimum Gasteiger partial charge on any atom is -0.333 e. The summed E-state index contributed by atoms with van der Waals surface area (Å²) in [4.78, 5) is 2.90. The standard InChI is InChI=1S/C23H19ClN4/c24-20-11-12-22-19(15-20)16-21(13-14-26-27-25)28(22)23(17-7-3-1-4-8-17)18-9-5-2-6-10-18/h1-12,15-16,23H,13-14H2. The van der Waals surface area contributed by atoms with Crippen molar-refractivity contribution >= 4 is 22.5 Å². The van der Waals surface area contributed by atoms with Crippen molar-refractivity contribution < 1.29 is 0 Å². The van der Waals surface area contributed by atoms with Crippen molar-refractivity contribution in [2.24, 2.45) is 5.11 Å². The molecule has 28 heavy (non-hydrogen) atoms. The smallest absolute Gasteiger partial charge is 0.0841 e. The molecule has 0 unspecified atom stereocenters. The molecule has 0 aliphatic heterocycles. The number of azide groups is 1. The van der Waals surface area contributed by atoms with Gasteiger partial charge in [0.05, 0.1) is 6.04 Å². The van der Waals surface area contributed by atoms with E-state index < -0.39 is 0 Å². The summed E-state index contributed by atoms with van der Waals surface area (Å²) in [6, 6.07) is 29.0. The van der Waals surface area contributed by atoms with Crippen LogP contribution in [-0.2, 0) is 6.42 Å². The van der Waals surface area contributed by atoms with Crippen LogP contribution in [-0.4, -0.2) is 11.1 Å². The number of hydrogen-bond acceptors (Lipinski definition) is 1. The van der Waals surface area contributed by atoms with Gasteiger partial charge in [-0.2, -0.15) is 0 Å². The van der Waals surface area contributed by atoms with Crippen molar-refractivity contribution in [2.45, 2.75) is 12.5 Å². The van der Waals surface area contributed by atoms with Crippen molar-refractivity contribution in [3.8, 4) is 0 Å². The average Bonchev–Trinajstić information content (AvgIpc) is 3.07. The SMILES string of the molecule is [N-]=[N+]=NCCc1cc2cc(Cl)ccc2n1C(c1ccccc1)c1ccccc1. The molecule has 3 aromatic carbocycles. The molecule has 0 fully saturated rings. The van der Waals surface area contributed by atoms with Crippen LogP contribution in [0.2, 0.25) is 5.02 Å². The van der Waals surface area contributed by atoms with Crippen LogP contribution in [0.3, 0.4) is 0 Å². The van der Waals surface area contributed by atoms with Crippen LogP contribution in [0.15, 0.2) is 90.0 Å². The Morgan fingerprint density at radius 3 is 2.14 bits per heavy atom. The van der Waals surface area contributed by atoms with E-state index in [2.05, 4.69) is 75.3 Å². The van der Waals surface area contributed by atoms with Crippen LogP contribution in [0.1, 0.15) is 22.9 Å². The van der Waals surface area contributed by atoms with E-state index in [1.807, 2.05) is 24.3 Å². The Balaban J connectivity index is 1.96. The van der Waals surface area contributed by atoms with Gasteiger partial charge in [0.15, 0.2) is 0 Å². The molecule has 4 rings (SSSR count). The van der Waals surface area contributed by atoms with E-state index in [9.17, 15) is 0 Å². The van der Waals surface area contributed by atoms with E-state index in [0.717, 1.165) is 16.6 Å². The summed E-state index contributed by atoms with van der Waals surface area (Å²) in [6.45, 7) is 0.414. The second-order valence-electron chi connectivity index (χ2n) is 6.64. The van der Waals surface area contributed by atoms with Gasteiger partial charge in [0.1, 0.15) is 0 Å². The van der Waals surface area contributed by atoms with Gasteiger partial charge in [-0.1, -0.05) is 77.4 Å². The van der Waals surface area contributed by atoms with Gasteiger partial charge in [0.2, 0.25) is 0 Å². The molecule has 0 spiro atoms. The van der Waals surface area contributed by atoms with E-state index >= 15 is 0 Å². The Labute approximate surface area is 168 Å². The monoisotopic (exact) mass is 386 g/mol. The topological polar surface area (TPSA) is 53.7 Å². The number of aromatic nitrogens is 1. The van der Waals surface area contributed by atoms with E-state index in [4.69, 9.17) is 17.1 Å². The lowest BCUT2D eigenvalue weighted by Crippen LogP contribution is -2.15. The van der Waals surface area contributed by atoms with Gasteiger partial charge >= 0.3 is 0 Å². The summed E-state index contributed by atoms with van der Waals surface area (Å²) in [5.41, 5.74) is 13.3. The first kappa shape index (κ1) is 18.2.